The predicted octanol–water partition coefficient (Wildman–Crippen LogP) is 5.44. The van der Waals surface area contributed by atoms with Crippen LogP contribution in [-0.2, 0) is 11.3 Å². The number of rotatable bonds is 5. The molecule has 5 nitrogen and oxygen atoms in total. The number of hydrogen-bond acceptors (Lipinski definition) is 4. The lowest BCUT2D eigenvalue weighted by Gasteiger charge is -2.34. The average Bonchev–Trinajstić information content (AvgIpc) is 3.36. The van der Waals surface area contributed by atoms with E-state index in [2.05, 4.69) is 15.2 Å². The van der Waals surface area contributed by atoms with Gasteiger partial charge >= 0.3 is 0 Å². The van der Waals surface area contributed by atoms with Gasteiger partial charge in [-0.25, -0.2) is 0 Å². The van der Waals surface area contributed by atoms with Gasteiger partial charge in [-0.3, -0.25) is 9.59 Å². The molecule has 2 aromatic heterocycles. The fourth-order valence-electron chi connectivity index (χ4n) is 4.58. The quantitative estimate of drug-likeness (QED) is 0.402. The van der Waals surface area contributed by atoms with Crippen molar-refractivity contribution in [2.75, 3.05) is 18.0 Å². The van der Waals surface area contributed by atoms with Crippen molar-refractivity contribution in [1.82, 2.24) is 10.3 Å². The standard InChI is InChI=1S/C26H24ClN3O2S/c27-19-10-11-22-21(14-19)23(17-6-2-1-3-7-17)24(26(32)29-22)30-12-4-8-18(16-30)25(31)28-15-20-9-5-13-33-20/h1-3,5-7,9-11,13-14,18H,4,8,12,15-16H2,(H,28,31)(H,29,32)/t18-/m0/s1. The van der Waals surface area contributed by atoms with Crippen LogP contribution < -0.4 is 15.8 Å². The Kier molecular flexibility index (Phi) is 6.20. The Morgan fingerprint density at radius 3 is 2.79 bits per heavy atom. The first-order chi connectivity index (χ1) is 16.1. The lowest BCUT2D eigenvalue weighted by atomic mass is 9.94. The molecule has 0 spiro atoms. The minimum Gasteiger partial charge on any atom is -0.366 e. The second-order valence-corrected chi connectivity index (χ2v) is 9.78. The van der Waals surface area contributed by atoms with E-state index in [1.165, 1.54) is 0 Å². The van der Waals surface area contributed by atoms with E-state index in [0.717, 1.165) is 46.3 Å². The molecule has 0 radical (unpaired) electrons. The van der Waals surface area contributed by atoms with Gasteiger partial charge in [-0.15, -0.1) is 11.3 Å². The van der Waals surface area contributed by atoms with E-state index >= 15 is 0 Å². The molecule has 0 unspecified atom stereocenters. The van der Waals surface area contributed by atoms with Gasteiger partial charge in [0.2, 0.25) is 5.91 Å². The summed E-state index contributed by atoms with van der Waals surface area (Å²) >= 11 is 7.97. The molecule has 168 valence electrons. The molecule has 4 aromatic rings. The molecule has 1 atom stereocenters. The van der Waals surface area contributed by atoms with Crippen LogP contribution in [0.2, 0.25) is 5.02 Å². The molecule has 0 aliphatic carbocycles. The number of amides is 1. The molecule has 1 fully saturated rings. The highest BCUT2D eigenvalue weighted by Gasteiger charge is 2.29. The van der Waals surface area contributed by atoms with E-state index < -0.39 is 0 Å². The Morgan fingerprint density at radius 1 is 1.15 bits per heavy atom. The van der Waals surface area contributed by atoms with Crippen molar-refractivity contribution in [3.8, 4) is 11.1 Å². The van der Waals surface area contributed by atoms with Crippen molar-refractivity contribution in [3.63, 3.8) is 0 Å². The summed E-state index contributed by atoms with van der Waals surface area (Å²) < 4.78 is 0. The molecule has 0 saturated carbocycles. The summed E-state index contributed by atoms with van der Waals surface area (Å²) in [5.41, 5.74) is 3.01. The summed E-state index contributed by atoms with van der Waals surface area (Å²) in [6, 6.07) is 19.4. The minimum absolute atomic E-state index is 0.0367. The highest BCUT2D eigenvalue weighted by Crippen LogP contribution is 2.37. The lowest BCUT2D eigenvalue weighted by Crippen LogP contribution is -2.44. The van der Waals surface area contributed by atoms with E-state index in [9.17, 15) is 9.59 Å². The molecular weight excluding hydrogens is 454 g/mol. The van der Waals surface area contributed by atoms with Crippen molar-refractivity contribution < 1.29 is 4.79 Å². The van der Waals surface area contributed by atoms with E-state index in [4.69, 9.17) is 11.6 Å². The van der Waals surface area contributed by atoms with Gasteiger partial charge in [0, 0.05) is 39.5 Å². The molecule has 2 N–H and O–H groups in total. The molecule has 7 heteroatoms. The van der Waals surface area contributed by atoms with Crippen LogP contribution in [0.3, 0.4) is 0 Å². The Hall–Kier alpha value is -3.09. The molecule has 0 bridgehead atoms. The van der Waals surface area contributed by atoms with Gasteiger partial charge in [0.25, 0.3) is 5.56 Å². The molecule has 1 amide bonds. The molecule has 33 heavy (non-hydrogen) atoms. The molecule has 1 saturated heterocycles. The van der Waals surface area contributed by atoms with Crippen molar-refractivity contribution >= 4 is 45.4 Å². The number of halogens is 1. The highest BCUT2D eigenvalue weighted by atomic mass is 35.5. The second kappa shape index (κ2) is 9.41. The van der Waals surface area contributed by atoms with Crippen LogP contribution in [0.1, 0.15) is 17.7 Å². The monoisotopic (exact) mass is 477 g/mol. The third-order valence-corrected chi connectivity index (χ3v) is 7.25. The van der Waals surface area contributed by atoms with Crippen molar-refractivity contribution in [2.24, 2.45) is 5.92 Å². The highest BCUT2D eigenvalue weighted by molar-refractivity contribution is 7.09. The Morgan fingerprint density at radius 2 is 2.00 bits per heavy atom. The topological polar surface area (TPSA) is 65.2 Å². The SMILES string of the molecule is O=C(NCc1cccs1)[C@H]1CCCN(c2c(-c3ccccc3)c3cc(Cl)ccc3[nH]c2=O)C1. The van der Waals surface area contributed by atoms with Crippen LogP contribution in [0, 0.1) is 5.92 Å². The maximum Gasteiger partial charge on any atom is 0.272 e. The number of benzene rings is 2. The van der Waals surface area contributed by atoms with Crippen molar-refractivity contribution in [2.45, 2.75) is 19.4 Å². The number of anilines is 1. The number of piperidine rings is 1. The number of aromatic amines is 1. The number of H-pyrrole nitrogens is 1. The van der Waals surface area contributed by atoms with E-state index in [-0.39, 0.29) is 17.4 Å². The van der Waals surface area contributed by atoms with Crippen molar-refractivity contribution in [1.29, 1.82) is 0 Å². The molecular formula is C26H24ClN3O2S. The summed E-state index contributed by atoms with van der Waals surface area (Å²) in [4.78, 5) is 32.5. The van der Waals surface area contributed by atoms with E-state index in [1.54, 1.807) is 17.4 Å². The second-order valence-electron chi connectivity index (χ2n) is 8.32. The number of pyridine rings is 1. The number of nitrogens with zero attached hydrogens (tertiary/aromatic N) is 1. The molecule has 3 heterocycles. The number of carbonyl (C=O) groups excluding carboxylic acids is 1. The van der Waals surface area contributed by atoms with Gasteiger partial charge in [-0.1, -0.05) is 48.0 Å². The zero-order valence-electron chi connectivity index (χ0n) is 18.0. The molecule has 1 aliphatic rings. The van der Waals surface area contributed by atoms with Gasteiger partial charge in [0.05, 0.1) is 12.5 Å². The number of thiophene rings is 1. The zero-order chi connectivity index (χ0) is 22.8. The Bertz CT molecular complexity index is 1340. The first-order valence-electron chi connectivity index (χ1n) is 11.1. The third-order valence-electron chi connectivity index (χ3n) is 6.14. The first kappa shape index (κ1) is 21.7. The molecule has 1 aliphatic heterocycles. The number of nitrogens with one attached hydrogen (secondary N) is 2. The normalized spacial score (nSPS) is 16.2. The summed E-state index contributed by atoms with van der Waals surface area (Å²) in [7, 11) is 0. The smallest absolute Gasteiger partial charge is 0.272 e. The predicted molar refractivity (Wildman–Crippen MR) is 136 cm³/mol. The van der Waals surface area contributed by atoms with E-state index in [0.29, 0.717) is 23.8 Å². The summed E-state index contributed by atoms with van der Waals surface area (Å²) in [6.45, 7) is 1.77. The number of aromatic nitrogens is 1. The van der Waals surface area contributed by atoms with Crippen LogP contribution in [0.25, 0.3) is 22.0 Å². The fourth-order valence-corrected chi connectivity index (χ4v) is 5.40. The van der Waals surface area contributed by atoms with Gasteiger partial charge in [-0.2, -0.15) is 0 Å². The summed E-state index contributed by atoms with van der Waals surface area (Å²) in [5, 5.41) is 6.58. The van der Waals surface area contributed by atoms with Gasteiger partial charge in [-0.05, 0) is 48.1 Å². The Balaban J connectivity index is 1.51. The molecule has 5 rings (SSSR count). The maximum absolute atomic E-state index is 13.3. The third kappa shape index (κ3) is 4.54. The first-order valence-corrected chi connectivity index (χ1v) is 12.3. The Labute approximate surface area is 201 Å². The van der Waals surface area contributed by atoms with Crippen LogP contribution in [-0.4, -0.2) is 24.0 Å². The summed E-state index contributed by atoms with van der Waals surface area (Å²) in [6.07, 6.45) is 1.66. The van der Waals surface area contributed by atoms with Crippen LogP contribution >= 0.6 is 22.9 Å². The zero-order valence-corrected chi connectivity index (χ0v) is 19.6. The number of hydrogen-bond donors (Lipinski definition) is 2. The largest absolute Gasteiger partial charge is 0.366 e. The molecule has 2 aromatic carbocycles. The van der Waals surface area contributed by atoms with Gasteiger partial charge in [0.15, 0.2) is 0 Å². The fraction of sp³-hybridized carbons (Fsp3) is 0.231. The van der Waals surface area contributed by atoms with Crippen LogP contribution in [0.4, 0.5) is 5.69 Å². The van der Waals surface area contributed by atoms with Crippen LogP contribution in [0.5, 0.6) is 0 Å². The van der Waals surface area contributed by atoms with E-state index in [1.807, 2.05) is 60.0 Å². The van der Waals surface area contributed by atoms with Crippen molar-refractivity contribution in [3.05, 3.63) is 86.3 Å². The van der Waals surface area contributed by atoms with Gasteiger partial charge < -0.3 is 15.2 Å². The summed E-state index contributed by atoms with van der Waals surface area (Å²) in [5.74, 6) is -0.133. The lowest BCUT2D eigenvalue weighted by molar-refractivity contribution is -0.125. The average molecular weight is 478 g/mol. The minimum atomic E-state index is -0.170. The number of carbonyl (C=O) groups is 1. The van der Waals surface area contributed by atoms with Gasteiger partial charge in [0.1, 0.15) is 5.69 Å². The maximum atomic E-state index is 13.3. The number of fused-ring (bicyclic) bond motifs is 1. The van der Waals surface area contributed by atoms with Crippen LogP contribution in [0.15, 0.2) is 70.8 Å².